The molecule has 2 aromatic carbocycles. The summed E-state index contributed by atoms with van der Waals surface area (Å²) in [4.78, 5) is 12.2. The van der Waals surface area contributed by atoms with Crippen molar-refractivity contribution in [2.45, 2.75) is 9.79 Å². The van der Waals surface area contributed by atoms with Crippen molar-refractivity contribution in [3.8, 4) is 11.5 Å². The molecule has 1 N–H and O–H groups in total. The molecule has 4 aliphatic heterocycles. The highest BCUT2D eigenvalue weighted by molar-refractivity contribution is 8.07. The highest BCUT2D eigenvalue weighted by Crippen LogP contribution is 2.46. The Hall–Kier alpha value is -1.00. The fourth-order valence-electron chi connectivity index (χ4n) is 1.56. The number of rotatable bonds is 0. The summed E-state index contributed by atoms with van der Waals surface area (Å²) in [5, 5.41) is 0. The van der Waals surface area contributed by atoms with Gasteiger partial charge in [-0.2, -0.15) is 0 Å². The molecular weight excluding hydrogens is 287 g/mol. The number of benzene rings is 2. The van der Waals surface area contributed by atoms with E-state index in [4.69, 9.17) is 20.9 Å². The lowest BCUT2D eigenvalue weighted by molar-refractivity contribution is 0.377. The molecule has 4 bridgehead atoms. The van der Waals surface area contributed by atoms with Gasteiger partial charge in [0, 0.05) is 21.6 Å². The summed E-state index contributed by atoms with van der Waals surface area (Å²) >= 11 is 6.62. The van der Waals surface area contributed by atoms with E-state index in [1.807, 2.05) is 24.3 Å². The molecular formula is C12H9O3PS2. The lowest BCUT2D eigenvalue weighted by Crippen LogP contribution is -1.99. The molecule has 4 heterocycles. The van der Waals surface area contributed by atoms with Crippen LogP contribution in [0.15, 0.2) is 58.3 Å². The monoisotopic (exact) mass is 296 g/mol. The molecule has 0 atom stereocenters. The average molecular weight is 296 g/mol. The first-order valence-electron chi connectivity index (χ1n) is 5.21. The van der Waals surface area contributed by atoms with Crippen LogP contribution in [0.2, 0.25) is 0 Å². The van der Waals surface area contributed by atoms with Crippen LogP contribution in [0.3, 0.4) is 0 Å². The molecule has 0 unspecified atom stereocenters. The Bertz CT molecular complexity index is 559. The first-order chi connectivity index (χ1) is 8.61. The van der Waals surface area contributed by atoms with Crippen molar-refractivity contribution < 1.29 is 13.9 Å². The minimum Gasteiger partial charge on any atom is -0.416 e. The van der Waals surface area contributed by atoms with Gasteiger partial charge in [-0.3, -0.25) is 0 Å². The minimum absolute atomic E-state index is 0.514. The average Bonchev–Trinajstić information content (AvgIpc) is 2.31. The Morgan fingerprint density at radius 3 is 1.61 bits per heavy atom. The van der Waals surface area contributed by atoms with E-state index >= 15 is 0 Å². The van der Waals surface area contributed by atoms with Crippen molar-refractivity contribution in [1.29, 1.82) is 0 Å². The van der Waals surface area contributed by atoms with Crippen LogP contribution < -0.4 is 9.05 Å². The maximum Gasteiger partial charge on any atom is 0.432 e. The summed E-state index contributed by atoms with van der Waals surface area (Å²) in [6.45, 7) is -3.31. The Kier molecular flexibility index (Phi) is 3.08. The van der Waals surface area contributed by atoms with E-state index in [2.05, 4.69) is 0 Å². The highest BCUT2D eigenvalue weighted by Gasteiger charge is 2.19. The van der Waals surface area contributed by atoms with Crippen molar-refractivity contribution in [3.63, 3.8) is 0 Å². The van der Waals surface area contributed by atoms with Crippen molar-refractivity contribution in [3.05, 3.63) is 48.5 Å². The number of hydrogen-bond donors (Lipinski definition) is 1. The minimum atomic E-state index is -3.31. The molecule has 3 nitrogen and oxygen atoms in total. The van der Waals surface area contributed by atoms with Gasteiger partial charge in [-0.15, -0.1) is 0 Å². The molecule has 0 radical (unpaired) electrons. The van der Waals surface area contributed by atoms with E-state index in [1.165, 1.54) is 0 Å². The maximum atomic E-state index is 9.98. The van der Waals surface area contributed by atoms with E-state index in [1.54, 1.807) is 36.0 Å². The molecule has 4 aliphatic rings. The molecule has 0 aliphatic carbocycles. The van der Waals surface area contributed by atoms with Crippen molar-refractivity contribution in [1.82, 2.24) is 0 Å². The van der Waals surface area contributed by atoms with Crippen molar-refractivity contribution >= 4 is 30.3 Å². The second-order valence-corrected chi connectivity index (χ2v) is 7.53. The predicted molar refractivity (Wildman–Crippen MR) is 74.8 cm³/mol. The third-order valence-electron chi connectivity index (χ3n) is 2.32. The zero-order valence-electron chi connectivity index (χ0n) is 9.15. The zero-order valence-corrected chi connectivity index (χ0v) is 11.7. The highest BCUT2D eigenvalue weighted by atomic mass is 32.5. The van der Waals surface area contributed by atoms with E-state index in [9.17, 15) is 4.89 Å². The fourth-order valence-corrected chi connectivity index (χ4v) is 3.70. The molecule has 92 valence electrons. The van der Waals surface area contributed by atoms with Gasteiger partial charge in [0.1, 0.15) is 11.5 Å². The Morgan fingerprint density at radius 1 is 0.833 bits per heavy atom. The van der Waals surface area contributed by atoms with Gasteiger partial charge in [-0.25, -0.2) is 0 Å². The van der Waals surface area contributed by atoms with E-state index in [0.717, 1.165) is 9.79 Å². The molecule has 0 saturated carbocycles. The summed E-state index contributed by atoms with van der Waals surface area (Å²) in [5.41, 5.74) is 0. The van der Waals surface area contributed by atoms with Gasteiger partial charge in [0.15, 0.2) is 0 Å². The van der Waals surface area contributed by atoms with Gasteiger partial charge >= 0.3 is 6.72 Å². The topological polar surface area (TPSA) is 38.7 Å². The quantitative estimate of drug-likeness (QED) is 0.748. The van der Waals surface area contributed by atoms with E-state index < -0.39 is 6.72 Å². The first kappa shape index (κ1) is 12.1. The van der Waals surface area contributed by atoms with Crippen LogP contribution >= 0.6 is 18.5 Å². The standard InChI is InChI=1S/C12H9O3PS2/c13-16(17)14-9-1-5-11(6-2-9)18-12-7-3-10(15-16)4-8-12/h1-8H,(H,13,17). The normalized spacial score (nSPS) is 16.3. The zero-order chi connectivity index (χ0) is 12.6. The van der Waals surface area contributed by atoms with Crippen LogP contribution in [0, 0.1) is 0 Å². The van der Waals surface area contributed by atoms with Crippen LogP contribution in [0.4, 0.5) is 0 Å². The third-order valence-corrected chi connectivity index (χ3v) is 4.67. The first-order valence-corrected chi connectivity index (χ1v) is 8.61. The lowest BCUT2D eigenvalue weighted by atomic mass is 10.3. The smallest absolute Gasteiger partial charge is 0.416 e. The summed E-state index contributed by atoms with van der Waals surface area (Å²) < 4.78 is 10.7. The maximum absolute atomic E-state index is 9.98. The van der Waals surface area contributed by atoms with E-state index in [0.29, 0.717) is 11.5 Å². The summed E-state index contributed by atoms with van der Waals surface area (Å²) in [6.07, 6.45) is 0. The lowest BCUT2D eigenvalue weighted by Gasteiger charge is -2.18. The van der Waals surface area contributed by atoms with Crippen molar-refractivity contribution in [2.24, 2.45) is 0 Å². The molecule has 0 aromatic heterocycles. The molecule has 0 saturated heterocycles. The van der Waals surface area contributed by atoms with Crippen LogP contribution in [0.1, 0.15) is 0 Å². The molecule has 18 heavy (non-hydrogen) atoms. The molecule has 0 spiro atoms. The summed E-state index contributed by atoms with van der Waals surface area (Å²) in [7, 11) is 0. The molecule has 6 heteroatoms. The van der Waals surface area contributed by atoms with Gasteiger partial charge in [0.05, 0.1) is 0 Å². The van der Waals surface area contributed by atoms with Gasteiger partial charge in [0.2, 0.25) is 0 Å². The van der Waals surface area contributed by atoms with Gasteiger partial charge in [-0.05, 0) is 48.5 Å². The fraction of sp³-hybridized carbons (Fsp3) is 0. The Balaban J connectivity index is 2.10. The summed E-state index contributed by atoms with van der Waals surface area (Å²) in [6, 6.07) is 14.8. The Labute approximate surface area is 114 Å². The van der Waals surface area contributed by atoms with Crippen LogP contribution in [0.25, 0.3) is 0 Å². The van der Waals surface area contributed by atoms with Crippen LogP contribution in [0.5, 0.6) is 11.5 Å². The molecule has 2 aromatic rings. The largest absolute Gasteiger partial charge is 0.432 e. The molecule has 0 amide bonds. The van der Waals surface area contributed by atoms with E-state index in [-0.39, 0.29) is 0 Å². The second kappa shape index (κ2) is 4.59. The SMILES string of the molecule is OP1(=S)Oc2ccc(cc2)Sc2ccc(cc2)O1. The molecule has 6 rings (SSSR count). The van der Waals surface area contributed by atoms with Gasteiger partial charge in [-0.1, -0.05) is 11.8 Å². The number of hydrogen-bond acceptors (Lipinski definition) is 4. The van der Waals surface area contributed by atoms with Crippen molar-refractivity contribution in [2.75, 3.05) is 0 Å². The predicted octanol–water partition coefficient (Wildman–Crippen LogP) is 3.83. The van der Waals surface area contributed by atoms with Crippen LogP contribution in [-0.2, 0) is 11.8 Å². The Morgan fingerprint density at radius 2 is 1.22 bits per heavy atom. The van der Waals surface area contributed by atoms with Gasteiger partial charge in [0.25, 0.3) is 0 Å². The third kappa shape index (κ3) is 2.70. The van der Waals surface area contributed by atoms with Crippen LogP contribution in [-0.4, -0.2) is 4.89 Å². The molecule has 0 fully saturated rings. The van der Waals surface area contributed by atoms with Gasteiger partial charge < -0.3 is 13.9 Å². The second-order valence-electron chi connectivity index (χ2n) is 3.70. The summed E-state index contributed by atoms with van der Waals surface area (Å²) in [5.74, 6) is 1.03.